The Bertz CT molecular complexity index is 783. The summed E-state index contributed by atoms with van der Waals surface area (Å²) >= 11 is 0. The van der Waals surface area contributed by atoms with Crippen LogP contribution in [0.15, 0.2) is 54.6 Å². The Kier molecular flexibility index (Phi) is 5.38. The molecule has 1 fully saturated rings. The van der Waals surface area contributed by atoms with Crippen molar-refractivity contribution >= 4 is 11.8 Å². The summed E-state index contributed by atoms with van der Waals surface area (Å²) in [6.45, 7) is 1.80. The van der Waals surface area contributed by atoms with E-state index in [4.69, 9.17) is 0 Å². The highest BCUT2D eigenvalue weighted by Gasteiger charge is 2.43. The van der Waals surface area contributed by atoms with Crippen molar-refractivity contribution in [1.29, 1.82) is 0 Å². The molecule has 1 saturated heterocycles. The van der Waals surface area contributed by atoms with E-state index in [9.17, 15) is 9.59 Å². The van der Waals surface area contributed by atoms with Crippen LogP contribution in [0.1, 0.15) is 21.5 Å². The van der Waals surface area contributed by atoms with Crippen LogP contribution in [0.4, 0.5) is 0 Å². The number of amides is 2. The van der Waals surface area contributed by atoms with E-state index >= 15 is 0 Å². The molecule has 2 aromatic rings. The lowest BCUT2D eigenvalue weighted by molar-refractivity contribution is -0.134. The number of carbonyl (C=O) groups is 2. The standard InChI is InChI=1S/C21H25N3O2/c1-24(2)19(25)18-10-6-9-17(11-18)13-23-20(26)21(14-22-15-21)12-16-7-4-3-5-8-16/h3-11,22H,12-15H2,1-2H3,(H,23,26). The summed E-state index contributed by atoms with van der Waals surface area (Å²) in [6.07, 6.45) is 0.728. The van der Waals surface area contributed by atoms with E-state index in [-0.39, 0.29) is 11.8 Å². The fourth-order valence-corrected chi connectivity index (χ4v) is 3.22. The molecule has 1 heterocycles. The van der Waals surface area contributed by atoms with Crippen molar-refractivity contribution < 1.29 is 9.59 Å². The molecule has 2 N–H and O–H groups in total. The molecule has 5 heteroatoms. The summed E-state index contributed by atoms with van der Waals surface area (Å²) in [7, 11) is 3.46. The molecule has 0 radical (unpaired) electrons. The van der Waals surface area contributed by atoms with Crippen LogP contribution < -0.4 is 10.6 Å². The Labute approximate surface area is 154 Å². The molecule has 5 nitrogen and oxygen atoms in total. The van der Waals surface area contributed by atoms with Gasteiger partial charge in [0.15, 0.2) is 0 Å². The first kappa shape index (κ1) is 18.1. The van der Waals surface area contributed by atoms with Crippen LogP contribution in [0.25, 0.3) is 0 Å². The van der Waals surface area contributed by atoms with Crippen LogP contribution in [0.3, 0.4) is 0 Å². The van der Waals surface area contributed by atoms with Crippen LogP contribution in [-0.4, -0.2) is 43.9 Å². The summed E-state index contributed by atoms with van der Waals surface area (Å²) in [6, 6.07) is 17.5. The smallest absolute Gasteiger partial charge is 0.253 e. The summed E-state index contributed by atoms with van der Waals surface area (Å²) in [5, 5.41) is 6.28. The lowest BCUT2D eigenvalue weighted by Crippen LogP contribution is -2.62. The monoisotopic (exact) mass is 351 g/mol. The van der Waals surface area contributed by atoms with Crippen molar-refractivity contribution in [3.8, 4) is 0 Å². The number of hydrogen-bond donors (Lipinski definition) is 2. The highest BCUT2D eigenvalue weighted by atomic mass is 16.2. The Morgan fingerprint density at radius 3 is 2.35 bits per heavy atom. The molecule has 0 aliphatic carbocycles. The molecular formula is C21H25N3O2. The fourth-order valence-electron chi connectivity index (χ4n) is 3.22. The molecule has 0 bridgehead atoms. The number of nitrogens with one attached hydrogen (secondary N) is 2. The van der Waals surface area contributed by atoms with E-state index in [0.29, 0.717) is 25.2 Å². The first-order chi connectivity index (χ1) is 12.5. The average molecular weight is 351 g/mol. The van der Waals surface area contributed by atoms with Gasteiger partial charge in [-0.3, -0.25) is 9.59 Å². The molecule has 1 aliphatic heterocycles. The van der Waals surface area contributed by atoms with Crippen LogP contribution in [0.2, 0.25) is 0 Å². The third-order valence-electron chi connectivity index (χ3n) is 4.83. The Hall–Kier alpha value is -2.66. The van der Waals surface area contributed by atoms with Gasteiger partial charge in [-0.2, -0.15) is 0 Å². The number of hydrogen-bond acceptors (Lipinski definition) is 3. The van der Waals surface area contributed by atoms with Crippen molar-refractivity contribution in [1.82, 2.24) is 15.5 Å². The molecule has 0 aromatic heterocycles. The van der Waals surface area contributed by atoms with E-state index in [1.165, 1.54) is 5.56 Å². The predicted molar refractivity (Wildman–Crippen MR) is 102 cm³/mol. The normalized spacial score (nSPS) is 15.0. The van der Waals surface area contributed by atoms with Crippen LogP contribution in [0, 0.1) is 5.41 Å². The lowest BCUT2D eigenvalue weighted by atomic mass is 9.75. The van der Waals surface area contributed by atoms with Gasteiger partial charge in [-0.05, 0) is 29.7 Å². The van der Waals surface area contributed by atoms with Crippen molar-refractivity contribution in [2.75, 3.05) is 27.2 Å². The summed E-state index contributed by atoms with van der Waals surface area (Å²) in [4.78, 5) is 26.5. The van der Waals surface area contributed by atoms with Gasteiger partial charge in [0.1, 0.15) is 0 Å². The fraction of sp³-hybridized carbons (Fsp3) is 0.333. The van der Waals surface area contributed by atoms with Crippen molar-refractivity contribution in [3.05, 3.63) is 71.3 Å². The molecule has 3 rings (SSSR count). The van der Waals surface area contributed by atoms with E-state index in [1.54, 1.807) is 25.1 Å². The molecule has 0 saturated carbocycles. The zero-order valence-corrected chi connectivity index (χ0v) is 15.3. The van der Waals surface area contributed by atoms with Gasteiger partial charge in [-0.1, -0.05) is 42.5 Å². The summed E-state index contributed by atoms with van der Waals surface area (Å²) in [5.41, 5.74) is 2.33. The number of benzene rings is 2. The van der Waals surface area contributed by atoms with E-state index in [2.05, 4.69) is 22.8 Å². The van der Waals surface area contributed by atoms with Gasteiger partial charge in [-0.15, -0.1) is 0 Å². The van der Waals surface area contributed by atoms with Gasteiger partial charge in [0, 0.05) is 39.3 Å². The zero-order valence-electron chi connectivity index (χ0n) is 15.3. The second-order valence-electron chi connectivity index (χ2n) is 7.13. The van der Waals surface area contributed by atoms with Gasteiger partial charge in [0.2, 0.25) is 5.91 Å². The average Bonchev–Trinajstić information content (AvgIpc) is 2.63. The third kappa shape index (κ3) is 3.94. The first-order valence-electron chi connectivity index (χ1n) is 8.84. The van der Waals surface area contributed by atoms with Crippen molar-refractivity contribution in [2.45, 2.75) is 13.0 Å². The minimum Gasteiger partial charge on any atom is -0.351 e. The third-order valence-corrected chi connectivity index (χ3v) is 4.83. The highest BCUT2D eigenvalue weighted by molar-refractivity contribution is 5.94. The van der Waals surface area contributed by atoms with Gasteiger partial charge in [0.05, 0.1) is 5.41 Å². The van der Waals surface area contributed by atoms with Crippen LogP contribution >= 0.6 is 0 Å². The van der Waals surface area contributed by atoms with Gasteiger partial charge in [0.25, 0.3) is 5.91 Å². The van der Waals surface area contributed by atoms with Gasteiger partial charge >= 0.3 is 0 Å². The van der Waals surface area contributed by atoms with Crippen molar-refractivity contribution in [2.24, 2.45) is 5.41 Å². The van der Waals surface area contributed by atoms with Gasteiger partial charge < -0.3 is 15.5 Å². The lowest BCUT2D eigenvalue weighted by Gasteiger charge is -2.41. The maximum absolute atomic E-state index is 12.8. The molecule has 1 aliphatic rings. The van der Waals surface area contributed by atoms with Gasteiger partial charge in [-0.25, -0.2) is 0 Å². The van der Waals surface area contributed by atoms with E-state index in [1.807, 2.05) is 36.4 Å². The molecule has 0 unspecified atom stereocenters. The molecule has 136 valence electrons. The molecule has 0 atom stereocenters. The van der Waals surface area contributed by atoms with Crippen LogP contribution in [0.5, 0.6) is 0 Å². The Morgan fingerprint density at radius 1 is 1.04 bits per heavy atom. The van der Waals surface area contributed by atoms with Crippen molar-refractivity contribution in [3.63, 3.8) is 0 Å². The van der Waals surface area contributed by atoms with Crippen LogP contribution in [-0.2, 0) is 17.8 Å². The second kappa shape index (κ2) is 7.70. The molecular weight excluding hydrogens is 326 g/mol. The maximum atomic E-state index is 12.8. The molecule has 26 heavy (non-hydrogen) atoms. The first-order valence-corrected chi connectivity index (χ1v) is 8.84. The molecule has 0 spiro atoms. The SMILES string of the molecule is CN(C)C(=O)c1cccc(CNC(=O)C2(Cc3ccccc3)CNC2)c1. The Morgan fingerprint density at radius 2 is 1.73 bits per heavy atom. The largest absolute Gasteiger partial charge is 0.351 e. The maximum Gasteiger partial charge on any atom is 0.253 e. The van der Waals surface area contributed by atoms with E-state index in [0.717, 1.165) is 12.0 Å². The molecule has 2 amide bonds. The number of rotatable bonds is 6. The minimum absolute atomic E-state index is 0.0399. The molecule has 2 aromatic carbocycles. The summed E-state index contributed by atoms with van der Waals surface area (Å²) in [5.74, 6) is 0.0198. The topological polar surface area (TPSA) is 61.4 Å². The zero-order chi connectivity index (χ0) is 18.6. The Balaban J connectivity index is 1.64. The quantitative estimate of drug-likeness (QED) is 0.835. The van der Waals surface area contributed by atoms with E-state index < -0.39 is 5.41 Å². The second-order valence-corrected chi connectivity index (χ2v) is 7.13. The number of nitrogens with zero attached hydrogens (tertiary/aromatic N) is 1. The number of carbonyl (C=O) groups excluding carboxylic acids is 2. The summed E-state index contributed by atoms with van der Waals surface area (Å²) < 4.78 is 0. The predicted octanol–water partition coefficient (Wildman–Crippen LogP) is 1.84. The minimum atomic E-state index is -0.390. The highest BCUT2D eigenvalue weighted by Crippen LogP contribution is 2.28.